The second kappa shape index (κ2) is 8.60. The fraction of sp³-hybridized carbons (Fsp3) is 0. The molecule has 0 spiro atoms. The standard InChI is InChI=1S/C19H14Cl2N4O3S/c1-2-12-3-8-15(21)17(11-12)29(27,28)25-19(26)24-18-22-10-9-16(23-18)13-4-6-14(20)7-5-13/h2-11H,1H2,(H2,22,23,24,25,26). The predicted octanol–water partition coefficient (Wildman–Crippen LogP) is 4.60. The zero-order chi connectivity index (χ0) is 21.0. The number of hydrogen-bond acceptors (Lipinski definition) is 5. The first kappa shape index (κ1) is 20.8. The summed E-state index contributed by atoms with van der Waals surface area (Å²) in [6.07, 6.45) is 2.90. The van der Waals surface area contributed by atoms with Crippen LogP contribution >= 0.6 is 23.2 Å². The lowest BCUT2D eigenvalue weighted by Crippen LogP contribution is -2.35. The Morgan fingerprint density at radius 2 is 1.79 bits per heavy atom. The second-order valence-electron chi connectivity index (χ2n) is 5.73. The molecule has 2 aromatic carbocycles. The second-order valence-corrected chi connectivity index (χ2v) is 8.22. The Balaban J connectivity index is 1.78. The Labute approximate surface area is 177 Å². The van der Waals surface area contributed by atoms with Gasteiger partial charge in [0.1, 0.15) is 4.90 Å². The molecule has 7 nitrogen and oxygen atoms in total. The van der Waals surface area contributed by atoms with E-state index in [-0.39, 0.29) is 15.9 Å². The van der Waals surface area contributed by atoms with Crippen LogP contribution in [0.4, 0.5) is 10.7 Å². The third-order valence-corrected chi connectivity index (χ3v) is 5.79. The molecular formula is C19H14Cl2N4O3S. The average Bonchev–Trinajstić information content (AvgIpc) is 2.68. The van der Waals surface area contributed by atoms with Crippen molar-refractivity contribution < 1.29 is 13.2 Å². The first-order valence-corrected chi connectivity index (χ1v) is 10.4. The molecule has 10 heteroatoms. The third-order valence-electron chi connectivity index (χ3n) is 3.73. The highest BCUT2D eigenvalue weighted by Gasteiger charge is 2.21. The molecule has 1 heterocycles. The first-order valence-electron chi connectivity index (χ1n) is 8.13. The molecule has 0 aliphatic carbocycles. The summed E-state index contributed by atoms with van der Waals surface area (Å²) < 4.78 is 26.9. The summed E-state index contributed by atoms with van der Waals surface area (Å²) in [5.41, 5.74) is 1.81. The van der Waals surface area contributed by atoms with E-state index in [4.69, 9.17) is 23.2 Å². The van der Waals surface area contributed by atoms with Gasteiger partial charge in [0.2, 0.25) is 5.95 Å². The van der Waals surface area contributed by atoms with Crippen molar-refractivity contribution in [2.24, 2.45) is 0 Å². The van der Waals surface area contributed by atoms with Gasteiger partial charge in [0.15, 0.2) is 0 Å². The highest BCUT2D eigenvalue weighted by atomic mass is 35.5. The summed E-state index contributed by atoms with van der Waals surface area (Å²) in [5, 5.41) is 2.84. The highest BCUT2D eigenvalue weighted by molar-refractivity contribution is 7.90. The van der Waals surface area contributed by atoms with E-state index in [1.165, 1.54) is 24.4 Å². The number of carbonyl (C=O) groups is 1. The summed E-state index contributed by atoms with van der Waals surface area (Å²) in [5.74, 6) is -0.0731. The number of aromatic nitrogens is 2. The van der Waals surface area contributed by atoms with E-state index in [9.17, 15) is 13.2 Å². The van der Waals surface area contributed by atoms with Crippen molar-refractivity contribution in [3.63, 3.8) is 0 Å². The van der Waals surface area contributed by atoms with Crippen LogP contribution in [-0.2, 0) is 10.0 Å². The van der Waals surface area contributed by atoms with Crippen LogP contribution in [0.15, 0.2) is 66.2 Å². The van der Waals surface area contributed by atoms with Crippen molar-refractivity contribution in [3.05, 3.63) is 76.9 Å². The zero-order valence-electron chi connectivity index (χ0n) is 14.8. The minimum atomic E-state index is -4.22. The van der Waals surface area contributed by atoms with E-state index in [0.717, 1.165) is 5.56 Å². The van der Waals surface area contributed by atoms with Crippen LogP contribution in [0.2, 0.25) is 10.0 Å². The van der Waals surface area contributed by atoms with Crippen molar-refractivity contribution in [3.8, 4) is 11.3 Å². The van der Waals surface area contributed by atoms with Crippen molar-refractivity contribution in [1.29, 1.82) is 0 Å². The smallest absolute Gasteiger partial charge is 0.275 e. The maximum Gasteiger partial charge on any atom is 0.335 e. The van der Waals surface area contributed by atoms with Crippen molar-refractivity contribution in [1.82, 2.24) is 14.7 Å². The summed E-state index contributed by atoms with van der Waals surface area (Å²) in [7, 11) is -4.22. The maximum absolute atomic E-state index is 12.5. The van der Waals surface area contributed by atoms with E-state index in [2.05, 4.69) is 21.9 Å². The Morgan fingerprint density at radius 3 is 2.48 bits per heavy atom. The van der Waals surface area contributed by atoms with Crippen molar-refractivity contribution in [2.45, 2.75) is 4.90 Å². The molecule has 148 valence electrons. The van der Waals surface area contributed by atoms with Gasteiger partial charge in [-0.3, -0.25) is 5.32 Å². The molecule has 0 unspecified atom stereocenters. The van der Waals surface area contributed by atoms with Gasteiger partial charge in [-0.05, 0) is 35.9 Å². The number of halogens is 2. The van der Waals surface area contributed by atoms with Gasteiger partial charge in [-0.1, -0.05) is 54.1 Å². The number of nitrogens with one attached hydrogen (secondary N) is 2. The van der Waals surface area contributed by atoms with Crippen LogP contribution in [-0.4, -0.2) is 24.4 Å². The predicted molar refractivity (Wildman–Crippen MR) is 113 cm³/mol. The number of anilines is 1. The largest absolute Gasteiger partial charge is 0.335 e. The lowest BCUT2D eigenvalue weighted by Gasteiger charge is -2.10. The Bertz CT molecular complexity index is 1180. The number of sulfonamides is 1. The molecule has 1 aromatic heterocycles. The molecule has 29 heavy (non-hydrogen) atoms. The van der Waals surface area contributed by atoms with Gasteiger partial charge in [0.25, 0.3) is 10.0 Å². The van der Waals surface area contributed by atoms with Crippen LogP contribution in [0.3, 0.4) is 0 Å². The van der Waals surface area contributed by atoms with Gasteiger partial charge in [-0.15, -0.1) is 0 Å². The first-order chi connectivity index (χ1) is 13.8. The Morgan fingerprint density at radius 1 is 1.07 bits per heavy atom. The molecule has 0 fully saturated rings. The summed E-state index contributed by atoms with van der Waals surface area (Å²) in [4.78, 5) is 20.1. The summed E-state index contributed by atoms with van der Waals surface area (Å²) in [6.45, 7) is 3.58. The van der Waals surface area contributed by atoms with E-state index >= 15 is 0 Å². The summed E-state index contributed by atoms with van der Waals surface area (Å²) >= 11 is 11.8. The van der Waals surface area contributed by atoms with Crippen LogP contribution in [0.25, 0.3) is 17.3 Å². The van der Waals surface area contributed by atoms with Crippen LogP contribution in [0.5, 0.6) is 0 Å². The molecule has 2 amide bonds. The molecule has 3 aromatic rings. The van der Waals surface area contributed by atoms with Gasteiger partial charge < -0.3 is 0 Å². The van der Waals surface area contributed by atoms with Crippen LogP contribution in [0.1, 0.15) is 5.56 Å². The Kier molecular flexibility index (Phi) is 6.17. The lowest BCUT2D eigenvalue weighted by atomic mass is 10.1. The topological polar surface area (TPSA) is 101 Å². The molecule has 0 bridgehead atoms. The maximum atomic E-state index is 12.5. The van der Waals surface area contributed by atoms with E-state index in [1.54, 1.807) is 36.4 Å². The number of rotatable bonds is 5. The number of hydrogen-bond donors (Lipinski definition) is 2. The van der Waals surface area contributed by atoms with Crippen molar-refractivity contribution >= 4 is 51.3 Å². The van der Waals surface area contributed by atoms with Gasteiger partial charge in [0, 0.05) is 16.8 Å². The van der Waals surface area contributed by atoms with E-state index in [0.29, 0.717) is 16.3 Å². The zero-order valence-corrected chi connectivity index (χ0v) is 17.1. The highest BCUT2D eigenvalue weighted by Crippen LogP contribution is 2.23. The van der Waals surface area contributed by atoms with Gasteiger partial charge in [-0.25, -0.2) is 27.9 Å². The van der Waals surface area contributed by atoms with Crippen molar-refractivity contribution in [2.75, 3.05) is 5.32 Å². The molecule has 3 rings (SSSR count). The van der Waals surface area contributed by atoms with E-state index in [1.807, 2.05) is 4.72 Å². The van der Waals surface area contributed by atoms with E-state index < -0.39 is 16.1 Å². The number of carbonyl (C=O) groups excluding carboxylic acids is 1. The molecular weight excluding hydrogens is 435 g/mol. The molecule has 0 aliphatic heterocycles. The Hall–Kier alpha value is -2.94. The monoisotopic (exact) mass is 448 g/mol. The normalized spacial score (nSPS) is 11.0. The lowest BCUT2D eigenvalue weighted by molar-refractivity contribution is 0.256. The number of amides is 2. The fourth-order valence-electron chi connectivity index (χ4n) is 2.36. The van der Waals surface area contributed by atoms with Crippen LogP contribution < -0.4 is 10.0 Å². The fourth-order valence-corrected chi connectivity index (χ4v) is 3.93. The van der Waals surface area contributed by atoms with Gasteiger partial charge in [-0.2, -0.15) is 0 Å². The molecule has 2 N–H and O–H groups in total. The van der Waals surface area contributed by atoms with Gasteiger partial charge >= 0.3 is 6.03 Å². The number of urea groups is 1. The third kappa shape index (κ3) is 5.11. The minimum absolute atomic E-state index is 0.0307. The quantitative estimate of drug-likeness (QED) is 0.593. The number of nitrogens with zero attached hydrogens (tertiary/aromatic N) is 2. The molecule has 0 atom stereocenters. The molecule has 0 aliphatic rings. The minimum Gasteiger partial charge on any atom is -0.275 e. The number of benzene rings is 2. The molecule has 0 saturated heterocycles. The SMILES string of the molecule is C=Cc1ccc(Cl)c(S(=O)(=O)NC(=O)Nc2nccc(-c3ccc(Cl)cc3)n2)c1. The average molecular weight is 449 g/mol. The molecule has 0 saturated carbocycles. The van der Waals surface area contributed by atoms with Crippen LogP contribution in [0, 0.1) is 0 Å². The van der Waals surface area contributed by atoms with Gasteiger partial charge in [0.05, 0.1) is 10.7 Å². The molecule has 0 radical (unpaired) electrons. The summed E-state index contributed by atoms with van der Waals surface area (Å²) in [6, 6.07) is 11.8.